The molecule has 1 aromatic rings. The Morgan fingerprint density at radius 1 is 1.25 bits per heavy atom. The Kier molecular flexibility index (Phi) is 5.89. The number of para-hydroxylation sites is 1. The third-order valence-corrected chi connectivity index (χ3v) is 3.55. The van der Waals surface area contributed by atoms with Crippen molar-refractivity contribution >= 4 is 29.4 Å². The number of rotatable bonds is 6. The second-order valence-corrected chi connectivity index (χ2v) is 5.29. The molecule has 0 unspecified atom stereocenters. The molecule has 0 aliphatic carbocycles. The molecule has 1 aromatic carbocycles. The zero-order valence-corrected chi connectivity index (χ0v) is 13.3. The second kappa shape index (κ2) is 8.09. The van der Waals surface area contributed by atoms with Gasteiger partial charge in [0.05, 0.1) is 24.8 Å². The molecule has 1 aliphatic heterocycles. The summed E-state index contributed by atoms with van der Waals surface area (Å²) >= 11 is 0. The first kappa shape index (κ1) is 17.5. The summed E-state index contributed by atoms with van der Waals surface area (Å²) in [5.74, 6) is -1.59. The minimum atomic E-state index is -0.953. The van der Waals surface area contributed by atoms with Gasteiger partial charge in [0.1, 0.15) is 6.04 Å². The summed E-state index contributed by atoms with van der Waals surface area (Å²) in [5, 5.41) is 7.79. The van der Waals surface area contributed by atoms with E-state index < -0.39 is 17.9 Å². The topological polar surface area (TPSA) is 114 Å². The number of carbonyl (C=O) groups excluding carboxylic acids is 4. The van der Waals surface area contributed by atoms with Crippen LogP contribution in [0.15, 0.2) is 24.3 Å². The maximum atomic E-state index is 12.1. The van der Waals surface area contributed by atoms with E-state index in [0.717, 1.165) is 0 Å². The lowest BCUT2D eigenvalue weighted by molar-refractivity contribution is -0.140. The van der Waals surface area contributed by atoms with Gasteiger partial charge in [0.15, 0.2) is 0 Å². The molecule has 0 aromatic heterocycles. The third kappa shape index (κ3) is 4.55. The van der Waals surface area contributed by atoms with Gasteiger partial charge in [-0.1, -0.05) is 12.1 Å². The van der Waals surface area contributed by atoms with Crippen LogP contribution in [-0.4, -0.2) is 43.4 Å². The van der Waals surface area contributed by atoms with Crippen LogP contribution in [0.5, 0.6) is 0 Å². The van der Waals surface area contributed by atoms with Crippen LogP contribution in [0.3, 0.4) is 0 Å². The Morgan fingerprint density at radius 2 is 2.00 bits per heavy atom. The van der Waals surface area contributed by atoms with Crippen molar-refractivity contribution in [1.82, 2.24) is 10.6 Å². The molecule has 1 atom stereocenters. The minimum Gasteiger partial charge on any atom is -0.469 e. The van der Waals surface area contributed by atoms with Crippen LogP contribution in [0.4, 0.5) is 5.69 Å². The first-order valence-corrected chi connectivity index (χ1v) is 7.55. The minimum absolute atomic E-state index is 0.177. The van der Waals surface area contributed by atoms with E-state index in [0.29, 0.717) is 17.7 Å². The van der Waals surface area contributed by atoms with Gasteiger partial charge in [0.2, 0.25) is 11.8 Å². The quantitative estimate of drug-likeness (QED) is 0.508. The summed E-state index contributed by atoms with van der Waals surface area (Å²) in [6.07, 6.45) is 0.462. The van der Waals surface area contributed by atoms with E-state index in [1.54, 1.807) is 24.3 Å². The number of anilines is 1. The Labute approximate surface area is 138 Å². The summed E-state index contributed by atoms with van der Waals surface area (Å²) < 4.78 is 4.50. The Morgan fingerprint density at radius 3 is 2.75 bits per heavy atom. The van der Waals surface area contributed by atoms with E-state index in [1.807, 2.05) is 0 Å². The van der Waals surface area contributed by atoms with Crippen LogP contribution in [0, 0.1) is 0 Å². The molecule has 0 saturated heterocycles. The molecule has 3 amide bonds. The smallest absolute Gasteiger partial charge is 0.305 e. The summed E-state index contributed by atoms with van der Waals surface area (Å²) in [4.78, 5) is 47.1. The fraction of sp³-hybridized carbons (Fsp3) is 0.375. The van der Waals surface area contributed by atoms with Gasteiger partial charge < -0.3 is 20.7 Å². The fourth-order valence-electron chi connectivity index (χ4n) is 2.28. The number of hydrogen-bond acceptors (Lipinski definition) is 5. The number of hydrogen-bond donors (Lipinski definition) is 3. The monoisotopic (exact) mass is 333 g/mol. The molecule has 1 aliphatic rings. The van der Waals surface area contributed by atoms with Gasteiger partial charge in [0.25, 0.3) is 5.91 Å². The van der Waals surface area contributed by atoms with Crippen molar-refractivity contribution in [3.63, 3.8) is 0 Å². The zero-order chi connectivity index (χ0) is 17.5. The van der Waals surface area contributed by atoms with Crippen LogP contribution >= 0.6 is 0 Å². The molecular formula is C16H19N3O5. The molecule has 128 valence electrons. The number of nitrogens with one attached hydrogen (secondary N) is 3. The summed E-state index contributed by atoms with van der Waals surface area (Å²) in [6.45, 7) is 0.288. The average Bonchev–Trinajstić information content (AvgIpc) is 2.68. The van der Waals surface area contributed by atoms with Crippen LogP contribution in [0.25, 0.3) is 0 Å². The molecule has 0 spiro atoms. The van der Waals surface area contributed by atoms with E-state index in [-0.39, 0.29) is 31.3 Å². The first-order chi connectivity index (χ1) is 11.5. The summed E-state index contributed by atoms with van der Waals surface area (Å²) in [7, 11) is 1.30. The van der Waals surface area contributed by atoms with Gasteiger partial charge in [-0.05, 0) is 18.6 Å². The van der Waals surface area contributed by atoms with Crippen molar-refractivity contribution in [2.75, 3.05) is 19.0 Å². The number of methoxy groups -OCH3 is 1. The lowest BCUT2D eigenvalue weighted by atomic mass is 10.1. The normalized spacial score (nSPS) is 16.3. The molecule has 0 saturated carbocycles. The maximum Gasteiger partial charge on any atom is 0.305 e. The average molecular weight is 333 g/mol. The van der Waals surface area contributed by atoms with Gasteiger partial charge in [-0.25, -0.2) is 0 Å². The van der Waals surface area contributed by atoms with E-state index >= 15 is 0 Å². The van der Waals surface area contributed by atoms with Gasteiger partial charge in [-0.2, -0.15) is 0 Å². The molecule has 8 heteroatoms. The second-order valence-electron chi connectivity index (χ2n) is 5.29. The predicted octanol–water partition coefficient (Wildman–Crippen LogP) is 0.197. The van der Waals surface area contributed by atoms with Crippen molar-refractivity contribution in [3.8, 4) is 0 Å². The van der Waals surface area contributed by atoms with E-state index in [4.69, 9.17) is 0 Å². The van der Waals surface area contributed by atoms with Crippen molar-refractivity contribution in [2.24, 2.45) is 0 Å². The first-order valence-electron chi connectivity index (χ1n) is 7.55. The van der Waals surface area contributed by atoms with Crippen LogP contribution in [0.2, 0.25) is 0 Å². The molecule has 0 fully saturated rings. The van der Waals surface area contributed by atoms with Crippen molar-refractivity contribution < 1.29 is 23.9 Å². The lowest BCUT2D eigenvalue weighted by Gasteiger charge is -2.14. The maximum absolute atomic E-state index is 12.1. The van der Waals surface area contributed by atoms with Crippen molar-refractivity contribution in [1.29, 1.82) is 0 Å². The van der Waals surface area contributed by atoms with E-state index in [2.05, 4.69) is 20.7 Å². The predicted molar refractivity (Wildman–Crippen MR) is 85.2 cm³/mol. The number of amides is 3. The lowest BCUT2D eigenvalue weighted by Crippen LogP contribution is -2.44. The highest BCUT2D eigenvalue weighted by Gasteiger charge is 2.29. The number of ether oxygens (including phenoxy) is 1. The van der Waals surface area contributed by atoms with Crippen LogP contribution < -0.4 is 16.0 Å². The molecule has 1 heterocycles. The van der Waals surface area contributed by atoms with Gasteiger partial charge in [-0.3, -0.25) is 19.2 Å². The highest BCUT2D eigenvalue weighted by Crippen LogP contribution is 2.18. The Hall–Kier alpha value is -2.90. The third-order valence-electron chi connectivity index (χ3n) is 3.55. The summed E-state index contributed by atoms with van der Waals surface area (Å²) in [5.41, 5.74) is 0.771. The van der Waals surface area contributed by atoms with Gasteiger partial charge in [-0.15, -0.1) is 0 Å². The van der Waals surface area contributed by atoms with Crippen LogP contribution in [0.1, 0.15) is 29.6 Å². The summed E-state index contributed by atoms with van der Waals surface area (Å²) in [6, 6.07) is 5.67. The molecule has 0 bridgehead atoms. The van der Waals surface area contributed by atoms with Gasteiger partial charge >= 0.3 is 5.97 Å². The van der Waals surface area contributed by atoms with Crippen LogP contribution in [-0.2, 0) is 19.1 Å². The number of esters is 1. The Bertz CT molecular complexity index is 659. The zero-order valence-electron chi connectivity index (χ0n) is 13.3. The standard InChI is InChI=1S/C16H19N3O5/c1-24-14(21)7-4-8-17-13(20)9-12-16(23)18-11-6-3-2-5-10(11)15(22)19-12/h2-3,5-6,12H,4,7-9H2,1H3,(H,17,20)(H,18,23)(H,19,22)/t12-/m1/s1. The highest BCUT2D eigenvalue weighted by molar-refractivity contribution is 6.10. The highest BCUT2D eigenvalue weighted by atomic mass is 16.5. The fourth-order valence-corrected chi connectivity index (χ4v) is 2.28. The molecular weight excluding hydrogens is 314 g/mol. The number of carbonyl (C=O) groups is 4. The van der Waals surface area contributed by atoms with Gasteiger partial charge in [0, 0.05) is 13.0 Å². The molecule has 24 heavy (non-hydrogen) atoms. The largest absolute Gasteiger partial charge is 0.469 e. The SMILES string of the molecule is COC(=O)CCCNC(=O)C[C@H]1NC(=O)c2ccccc2NC1=O. The van der Waals surface area contributed by atoms with E-state index in [1.165, 1.54) is 7.11 Å². The van der Waals surface area contributed by atoms with Crippen molar-refractivity contribution in [2.45, 2.75) is 25.3 Å². The number of fused-ring (bicyclic) bond motifs is 1. The Balaban J connectivity index is 1.87. The van der Waals surface area contributed by atoms with Crippen molar-refractivity contribution in [3.05, 3.63) is 29.8 Å². The molecule has 2 rings (SSSR count). The molecule has 3 N–H and O–H groups in total. The molecule has 0 radical (unpaired) electrons. The van der Waals surface area contributed by atoms with E-state index in [9.17, 15) is 19.2 Å². The molecule has 8 nitrogen and oxygen atoms in total. The number of benzene rings is 1.